The number of likely N-dealkylation sites (tertiary alicyclic amines) is 1. The lowest BCUT2D eigenvalue weighted by Gasteiger charge is -2.34. The molecule has 0 aromatic carbocycles. The molecule has 0 saturated carbocycles. The molecule has 0 aliphatic carbocycles. The van der Waals surface area contributed by atoms with Crippen LogP contribution in [0.1, 0.15) is 31.6 Å². The molecule has 0 radical (unpaired) electrons. The summed E-state index contributed by atoms with van der Waals surface area (Å²) in [5.74, 6) is 1.91. The molecule has 0 spiro atoms. The van der Waals surface area contributed by atoms with E-state index in [9.17, 15) is 0 Å². The highest BCUT2D eigenvalue weighted by atomic mass is 16.3. The molecule has 27 heavy (non-hydrogen) atoms. The molecule has 0 bridgehead atoms. The molecule has 2 fully saturated rings. The van der Waals surface area contributed by atoms with Crippen molar-refractivity contribution in [3.63, 3.8) is 0 Å². The van der Waals surface area contributed by atoms with Crippen molar-refractivity contribution < 1.29 is 4.42 Å². The number of piperazine rings is 1. The van der Waals surface area contributed by atoms with E-state index < -0.39 is 0 Å². The highest BCUT2D eigenvalue weighted by molar-refractivity contribution is 5.79. The zero-order valence-corrected chi connectivity index (χ0v) is 17.0. The highest BCUT2D eigenvalue weighted by Crippen LogP contribution is 2.24. The molecule has 1 atom stereocenters. The van der Waals surface area contributed by atoms with Gasteiger partial charge in [0, 0.05) is 52.9 Å². The average Bonchev–Trinajstić information content (AvgIpc) is 3.42. The van der Waals surface area contributed by atoms with E-state index in [2.05, 4.69) is 43.3 Å². The van der Waals surface area contributed by atoms with E-state index in [1.807, 2.05) is 13.1 Å². The number of aliphatic imine (C=N–C) groups is 1. The van der Waals surface area contributed by atoms with Crippen LogP contribution in [0.3, 0.4) is 0 Å². The quantitative estimate of drug-likeness (QED) is 0.526. The van der Waals surface area contributed by atoms with Crippen LogP contribution in [0.5, 0.6) is 0 Å². The second-order valence-corrected chi connectivity index (χ2v) is 7.43. The van der Waals surface area contributed by atoms with Crippen molar-refractivity contribution >= 4 is 5.96 Å². The molecule has 7 heteroatoms. The van der Waals surface area contributed by atoms with E-state index in [1.54, 1.807) is 6.26 Å². The summed E-state index contributed by atoms with van der Waals surface area (Å²) in [7, 11) is 1.84. The molecule has 3 rings (SSSR count). The predicted molar refractivity (Wildman–Crippen MR) is 110 cm³/mol. The maximum atomic E-state index is 5.70. The van der Waals surface area contributed by atoms with Crippen LogP contribution in [-0.2, 0) is 0 Å². The van der Waals surface area contributed by atoms with Gasteiger partial charge in [0.15, 0.2) is 5.96 Å². The van der Waals surface area contributed by atoms with Crippen molar-refractivity contribution in [3.8, 4) is 0 Å². The molecule has 2 aliphatic heterocycles. The Morgan fingerprint density at radius 1 is 1.11 bits per heavy atom. The van der Waals surface area contributed by atoms with Crippen LogP contribution in [0.4, 0.5) is 0 Å². The van der Waals surface area contributed by atoms with Crippen molar-refractivity contribution in [2.45, 2.75) is 25.8 Å². The first kappa shape index (κ1) is 20.2. The minimum absolute atomic E-state index is 0.267. The second kappa shape index (κ2) is 10.7. The Hall–Kier alpha value is -1.57. The summed E-state index contributed by atoms with van der Waals surface area (Å²) in [6.45, 7) is 13.2. The van der Waals surface area contributed by atoms with Crippen LogP contribution in [0.15, 0.2) is 27.8 Å². The van der Waals surface area contributed by atoms with Gasteiger partial charge in [0.05, 0.1) is 12.3 Å². The third kappa shape index (κ3) is 5.96. The van der Waals surface area contributed by atoms with Crippen LogP contribution in [0.25, 0.3) is 0 Å². The first-order valence-electron chi connectivity index (χ1n) is 10.5. The second-order valence-electron chi connectivity index (χ2n) is 7.43. The topological polar surface area (TPSA) is 59.3 Å². The fourth-order valence-corrected chi connectivity index (χ4v) is 4.02. The summed E-state index contributed by atoms with van der Waals surface area (Å²) in [6.07, 6.45) is 4.31. The highest BCUT2D eigenvalue weighted by Gasteiger charge is 2.25. The number of nitrogens with zero attached hydrogens (tertiary/aromatic N) is 4. The van der Waals surface area contributed by atoms with E-state index in [0.29, 0.717) is 0 Å². The van der Waals surface area contributed by atoms with Gasteiger partial charge in [-0.1, -0.05) is 6.92 Å². The van der Waals surface area contributed by atoms with Crippen LogP contribution >= 0.6 is 0 Å². The number of hydrogen-bond acceptors (Lipinski definition) is 5. The van der Waals surface area contributed by atoms with Crippen molar-refractivity contribution in [3.05, 3.63) is 24.2 Å². The summed E-state index contributed by atoms with van der Waals surface area (Å²) in [4.78, 5) is 11.9. The number of guanidine groups is 1. The van der Waals surface area contributed by atoms with Crippen molar-refractivity contribution in [1.82, 2.24) is 25.3 Å². The molecule has 1 unspecified atom stereocenters. The molecule has 7 nitrogen and oxygen atoms in total. The summed E-state index contributed by atoms with van der Waals surface area (Å²) in [5.41, 5.74) is 0. The molecular formula is C20H36N6O. The van der Waals surface area contributed by atoms with E-state index in [0.717, 1.165) is 64.1 Å². The molecule has 1 aromatic heterocycles. The van der Waals surface area contributed by atoms with Gasteiger partial charge in [0.1, 0.15) is 5.76 Å². The minimum Gasteiger partial charge on any atom is -0.468 e. The normalized spacial score (nSPS) is 21.5. The van der Waals surface area contributed by atoms with Gasteiger partial charge >= 0.3 is 0 Å². The van der Waals surface area contributed by atoms with Crippen molar-refractivity contribution in [1.29, 1.82) is 0 Å². The zero-order valence-electron chi connectivity index (χ0n) is 17.0. The van der Waals surface area contributed by atoms with Gasteiger partial charge in [0.2, 0.25) is 0 Å². The molecule has 152 valence electrons. The maximum Gasteiger partial charge on any atom is 0.191 e. The molecule has 2 saturated heterocycles. The first-order chi connectivity index (χ1) is 13.3. The standard InChI is InChI=1S/C20H36N6O/c1-3-24-12-14-25(15-13-24)11-8-22-20(21-2)23-17-18(19-7-6-16-27-19)26-9-4-5-10-26/h6-7,16,18H,3-5,8-15,17H2,1-2H3,(H2,21,22,23). The van der Waals surface area contributed by atoms with Gasteiger partial charge in [-0.2, -0.15) is 0 Å². The largest absolute Gasteiger partial charge is 0.468 e. The van der Waals surface area contributed by atoms with E-state index in [4.69, 9.17) is 4.42 Å². The van der Waals surface area contributed by atoms with E-state index >= 15 is 0 Å². The number of furan rings is 1. The van der Waals surface area contributed by atoms with Crippen LogP contribution in [0.2, 0.25) is 0 Å². The van der Waals surface area contributed by atoms with Crippen molar-refractivity contribution in [2.24, 2.45) is 4.99 Å². The summed E-state index contributed by atoms with van der Waals surface area (Å²) >= 11 is 0. The number of nitrogens with one attached hydrogen (secondary N) is 2. The van der Waals surface area contributed by atoms with E-state index in [-0.39, 0.29) is 6.04 Å². The predicted octanol–water partition coefficient (Wildman–Crippen LogP) is 1.22. The Balaban J connectivity index is 1.41. The lowest BCUT2D eigenvalue weighted by atomic mass is 10.2. The Labute approximate surface area is 163 Å². The lowest BCUT2D eigenvalue weighted by Crippen LogP contribution is -2.49. The van der Waals surface area contributed by atoms with E-state index in [1.165, 1.54) is 25.9 Å². The third-order valence-corrected chi connectivity index (χ3v) is 5.77. The molecule has 0 amide bonds. The zero-order chi connectivity index (χ0) is 18.9. The Bertz CT molecular complexity index is 547. The Kier molecular flexibility index (Phi) is 7.98. The third-order valence-electron chi connectivity index (χ3n) is 5.77. The molecule has 1 aromatic rings. The summed E-state index contributed by atoms with van der Waals surface area (Å²) in [6, 6.07) is 4.32. The maximum absolute atomic E-state index is 5.70. The van der Waals surface area contributed by atoms with Gasteiger partial charge in [-0.3, -0.25) is 14.8 Å². The van der Waals surface area contributed by atoms with Gasteiger partial charge in [0.25, 0.3) is 0 Å². The SMILES string of the molecule is CCN1CCN(CCNC(=NC)NCC(c2ccco2)N2CCCC2)CC1. The molecule has 2 aliphatic rings. The van der Waals surface area contributed by atoms with Gasteiger partial charge in [-0.15, -0.1) is 0 Å². The van der Waals surface area contributed by atoms with Crippen LogP contribution in [0, 0.1) is 0 Å². The van der Waals surface area contributed by atoms with Crippen LogP contribution < -0.4 is 10.6 Å². The van der Waals surface area contributed by atoms with Gasteiger partial charge in [-0.05, 0) is 44.6 Å². The van der Waals surface area contributed by atoms with Crippen LogP contribution in [-0.4, -0.2) is 93.2 Å². The first-order valence-corrected chi connectivity index (χ1v) is 10.5. The fourth-order valence-electron chi connectivity index (χ4n) is 4.02. The van der Waals surface area contributed by atoms with Gasteiger partial charge < -0.3 is 20.0 Å². The minimum atomic E-state index is 0.267. The Morgan fingerprint density at radius 2 is 1.85 bits per heavy atom. The lowest BCUT2D eigenvalue weighted by molar-refractivity contribution is 0.139. The average molecular weight is 377 g/mol. The molecule has 3 heterocycles. The smallest absolute Gasteiger partial charge is 0.191 e. The monoisotopic (exact) mass is 376 g/mol. The Morgan fingerprint density at radius 3 is 2.48 bits per heavy atom. The number of rotatable bonds is 8. The van der Waals surface area contributed by atoms with Crippen molar-refractivity contribution in [2.75, 3.05) is 72.5 Å². The number of likely N-dealkylation sites (N-methyl/N-ethyl adjacent to an activating group) is 1. The fraction of sp³-hybridized carbons (Fsp3) is 0.750. The summed E-state index contributed by atoms with van der Waals surface area (Å²) < 4.78 is 5.70. The molecule has 2 N–H and O–H groups in total. The molecular weight excluding hydrogens is 340 g/mol. The van der Waals surface area contributed by atoms with Gasteiger partial charge in [-0.25, -0.2) is 0 Å². The number of hydrogen-bond donors (Lipinski definition) is 2. The summed E-state index contributed by atoms with van der Waals surface area (Å²) in [5, 5.41) is 6.97.